The van der Waals surface area contributed by atoms with E-state index in [2.05, 4.69) is 10.1 Å². The van der Waals surface area contributed by atoms with Crippen LogP contribution in [0.3, 0.4) is 0 Å². The molecule has 2 saturated heterocycles. The Kier molecular flexibility index (Phi) is 6.81. The van der Waals surface area contributed by atoms with E-state index in [1.54, 1.807) is 6.07 Å². The Morgan fingerprint density at radius 1 is 1.04 bits per heavy atom. The van der Waals surface area contributed by atoms with E-state index < -0.39 is 16.8 Å². The van der Waals surface area contributed by atoms with Crippen molar-refractivity contribution in [1.29, 1.82) is 0 Å². The quantitative estimate of drug-likeness (QED) is 0.719. The molecule has 0 aliphatic carbocycles. The number of ether oxygens (including phenoxy) is 1. The van der Waals surface area contributed by atoms with Crippen molar-refractivity contribution in [3.63, 3.8) is 0 Å². The number of amides is 1. The second-order valence-electron chi connectivity index (χ2n) is 6.71. The van der Waals surface area contributed by atoms with Crippen molar-refractivity contribution in [2.45, 2.75) is 19.5 Å². The van der Waals surface area contributed by atoms with Crippen LogP contribution >= 0.6 is 0 Å². The van der Waals surface area contributed by atoms with E-state index >= 15 is 0 Å². The molecule has 3 rings (SSSR count). The predicted octanol–water partition coefficient (Wildman–Crippen LogP) is 1.18. The van der Waals surface area contributed by atoms with Crippen LogP contribution in [0.15, 0.2) is 24.3 Å². The summed E-state index contributed by atoms with van der Waals surface area (Å²) in [5, 5.41) is 2.57. The number of para-hydroxylation sites is 2. The predicted molar refractivity (Wildman–Crippen MR) is 99.4 cm³/mol. The lowest BCUT2D eigenvalue weighted by Gasteiger charge is -2.35. The van der Waals surface area contributed by atoms with E-state index in [9.17, 15) is 22.0 Å². The van der Waals surface area contributed by atoms with Crippen LogP contribution in [0.25, 0.3) is 0 Å². The van der Waals surface area contributed by atoms with E-state index in [-0.39, 0.29) is 23.9 Å². The van der Waals surface area contributed by atoms with Crippen molar-refractivity contribution in [3.8, 4) is 5.75 Å². The average molecular weight is 418 g/mol. The maximum atomic E-state index is 12.6. The van der Waals surface area contributed by atoms with Crippen LogP contribution < -0.4 is 10.1 Å². The molecule has 0 spiro atoms. The number of benzene rings is 1. The highest BCUT2D eigenvalue weighted by Crippen LogP contribution is 2.25. The van der Waals surface area contributed by atoms with Crippen molar-refractivity contribution >= 4 is 21.8 Å². The fraction of sp³-hybridized carbons (Fsp3) is 0.588. The van der Waals surface area contributed by atoms with Crippen LogP contribution in [-0.4, -0.2) is 80.3 Å². The molecule has 0 saturated carbocycles. The molecular weight excluding hydrogens is 394 g/mol. The van der Waals surface area contributed by atoms with Crippen molar-refractivity contribution in [2.24, 2.45) is 0 Å². The number of alkyl halides is 2. The molecule has 2 aliphatic heterocycles. The Morgan fingerprint density at radius 3 is 2.29 bits per heavy atom. The summed E-state index contributed by atoms with van der Waals surface area (Å²) in [4.78, 5) is 14.1. The Balaban J connectivity index is 1.50. The van der Waals surface area contributed by atoms with E-state index in [1.807, 2.05) is 4.90 Å². The second kappa shape index (κ2) is 9.12. The fourth-order valence-electron chi connectivity index (χ4n) is 3.36. The molecule has 1 aromatic carbocycles. The van der Waals surface area contributed by atoms with Crippen molar-refractivity contribution < 1.29 is 26.7 Å². The molecule has 156 valence electrons. The summed E-state index contributed by atoms with van der Waals surface area (Å²) in [5.74, 6) is -0.478. The number of anilines is 1. The summed E-state index contributed by atoms with van der Waals surface area (Å²) < 4.78 is 57.4. The number of hydrogen-bond donors (Lipinski definition) is 1. The molecule has 0 radical (unpaired) electrons. The summed E-state index contributed by atoms with van der Waals surface area (Å²) in [6.07, 6.45) is 1.77. The van der Waals surface area contributed by atoms with Gasteiger partial charge >= 0.3 is 6.61 Å². The van der Waals surface area contributed by atoms with E-state index in [4.69, 9.17) is 0 Å². The van der Waals surface area contributed by atoms with Gasteiger partial charge in [-0.25, -0.2) is 0 Å². The number of hydrogen-bond acceptors (Lipinski definition) is 5. The summed E-state index contributed by atoms with van der Waals surface area (Å²) in [7, 11) is -3.43. The molecule has 8 nitrogen and oxygen atoms in total. The van der Waals surface area contributed by atoms with Crippen LogP contribution in [0.5, 0.6) is 5.75 Å². The molecule has 0 bridgehead atoms. The van der Waals surface area contributed by atoms with Crippen LogP contribution in [0, 0.1) is 0 Å². The largest absolute Gasteiger partial charge is 0.433 e. The van der Waals surface area contributed by atoms with Gasteiger partial charge in [0, 0.05) is 39.3 Å². The van der Waals surface area contributed by atoms with Gasteiger partial charge in [-0.15, -0.1) is 0 Å². The van der Waals surface area contributed by atoms with Crippen LogP contribution in [-0.2, 0) is 15.0 Å². The first-order valence-electron chi connectivity index (χ1n) is 9.17. The monoisotopic (exact) mass is 418 g/mol. The highest BCUT2D eigenvalue weighted by Gasteiger charge is 2.34. The zero-order valence-corrected chi connectivity index (χ0v) is 16.2. The van der Waals surface area contributed by atoms with Gasteiger partial charge in [0.1, 0.15) is 5.75 Å². The van der Waals surface area contributed by atoms with E-state index in [1.165, 1.54) is 26.8 Å². The molecule has 0 atom stereocenters. The number of nitrogens with zero attached hydrogens (tertiary/aromatic N) is 3. The topological polar surface area (TPSA) is 82.2 Å². The number of rotatable bonds is 7. The lowest BCUT2D eigenvalue weighted by atomic mass is 10.3. The second-order valence-corrected chi connectivity index (χ2v) is 8.64. The minimum Gasteiger partial charge on any atom is -0.433 e. The van der Waals surface area contributed by atoms with E-state index in [0.717, 1.165) is 12.8 Å². The molecule has 0 unspecified atom stereocenters. The van der Waals surface area contributed by atoms with E-state index in [0.29, 0.717) is 39.3 Å². The zero-order valence-electron chi connectivity index (χ0n) is 15.4. The summed E-state index contributed by atoms with van der Waals surface area (Å²) >= 11 is 0. The number of halogens is 2. The maximum absolute atomic E-state index is 12.6. The van der Waals surface area contributed by atoms with Gasteiger partial charge in [-0.05, 0) is 25.0 Å². The third kappa shape index (κ3) is 5.16. The Hall–Kier alpha value is -1.82. The van der Waals surface area contributed by atoms with Crippen LogP contribution in [0.2, 0.25) is 0 Å². The minimum atomic E-state index is -3.43. The zero-order chi connectivity index (χ0) is 20.1. The van der Waals surface area contributed by atoms with Gasteiger partial charge in [-0.1, -0.05) is 12.1 Å². The SMILES string of the molecule is O=C(CN1CCN(S(=O)(=O)N2CCCC2)CC1)Nc1ccccc1OC(F)F. The third-order valence-corrected chi connectivity index (χ3v) is 6.83. The summed E-state index contributed by atoms with van der Waals surface area (Å²) in [6, 6.07) is 5.98. The first-order valence-corrected chi connectivity index (χ1v) is 10.6. The highest BCUT2D eigenvalue weighted by atomic mass is 32.2. The third-order valence-electron chi connectivity index (χ3n) is 4.79. The molecule has 2 fully saturated rings. The van der Waals surface area contributed by atoms with Crippen molar-refractivity contribution in [1.82, 2.24) is 13.5 Å². The smallest absolute Gasteiger partial charge is 0.387 e. The number of piperazine rings is 1. The fourth-order valence-corrected chi connectivity index (χ4v) is 5.03. The normalized spacial score (nSPS) is 19.8. The first-order chi connectivity index (χ1) is 13.4. The molecule has 2 aliphatic rings. The number of nitrogens with one attached hydrogen (secondary N) is 1. The lowest BCUT2D eigenvalue weighted by Crippen LogP contribution is -2.53. The van der Waals surface area contributed by atoms with Crippen LogP contribution in [0.4, 0.5) is 14.5 Å². The molecule has 0 aromatic heterocycles. The van der Waals surface area contributed by atoms with Gasteiger partial charge in [0.25, 0.3) is 10.2 Å². The van der Waals surface area contributed by atoms with Gasteiger partial charge < -0.3 is 10.1 Å². The summed E-state index contributed by atoms with van der Waals surface area (Å²) in [5.41, 5.74) is 0.169. The first kappa shape index (κ1) is 20.9. The van der Waals surface area contributed by atoms with Crippen LogP contribution in [0.1, 0.15) is 12.8 Å². The number of carbonyl (C=O) groups excluding carboxylic acids is 1. The maximum Gasteiger partial charge on any atom is 0.387 e. The lowest BCUT2D eigenvalue weighted by molar-refractivity contribution is -0.117. The molecule has 1 N–H and O–H groups in total. The molecule has 1 amide bonds. The van der Waals surface area contributed by atoms with Gasteiger partial charge in [-0.2, -0.15) is 25.8 Å². The van der Waals surface area contributed by atoms with Gasteiger partial charge in [0.05, 0.1) is 12.2 Å². The molecular formula is C17H24F2N4O4S. The Labute approximate surface area is 163 Å². The van der Waals surface area contributed by atoms with Crippen molar-refractivity contribution in [3.05, 3.63) is 24.3 Å². The number of carbonyl (C=O) groups is 1. The highest BCUT2D eigenvalue weighted by molar-refractivity contribution is 7.86. The minimum absolute atomic E-state index is 0.0423. The standard InChI is InChI=1S/C17H24F2N4O4S/c18-17(19)27-15-6-2-1-5-14(15)20-16(24)13-21-9-11-23(12-10-21)28(25,26)22-7-3-4-8-22/h1-2,5-6,17H,3-4,7-13H2,(H,20,24). The molecule has 28 heavy (non-hydrogen) atoms. The van der Waals surface area contributed by atoms with Crippen molar-refractivity contribution in [2.75, 3.05) is 51.1 Å². The Bertz CT molecular complexity index is 779. The van der Waals surface area contributed by atoms with Gasteiger partial charge in [0.15, 0.2) is 0 Å². The van der Waals surface area contributed by atoms with Gasteiger partial charge in [-0.3, -0.25) is 9.69 Å². The molecule has 2 heterocycles. The molecule has 1 aromatic rings. The summed E-state index contributed by atoms with van der Waals surface area (Å²) in [6.45, 7) is -0.333. The van der Waals surface area contributed by atoms with Gasteiger partial charge in [0.2, 0.25) is 5.91 Å². The molecule has 11 heteroatoms. The Morgan fingerprint density at radius 2 is 1.64 bits per heavy atom. The average Bonchev–Trinajstić information content (AvgIpc) is 3.19.